The van der Waals surface area contributed by atoms with Crippen LogP contribution >= 0.6 is 0 Å². The Bertz CT molecular complexity index is 1010. The summed E-state index contributed by atoms with van der Waals surface area (Å²) in [5.74, 6) is 0.0118. The van der Waals surface area contributed by atoms with Crippen molar-refractivity contribution >= 4 is 22.7 Å². The van der Waals surface area contributed by atoms with Crippen molar-refractivity contribution in [3.05, 3.63) is 65.2 Å². The topological polar surface area (TPSA) is 109 Å². The quantitative estimate of drug-likeness (QED) is 0.171. The second kappa shape index (κ2) is 19.3. The number of ketones is 1. The number of carbonyl (C=O) groups is 1. The number of carbonyl (C=O) groups excluding carboxylic acids is 1. The van der Waals surface area contributed by atoms with Crippen LogP contribution < -0.4 is 10.6 Å². The van der Waals surface area contributed by atoms with Crippen molar-refractivity contribution < 1.29 is 29.2 Å². The second-order valence-corrected chi connectivity index (χ2v) is 9.11. The minimum atomic E-state index is 0.0118. The van der Waals surface area contributed by atoms with Gasteiger partial charge in [0.2, 0.25) is 0 Å². The Morgan fingerprint density at radius 2 is 1.23 bits per heavy atom. The molecule has 0 atom stereocenters. The largest absolute Gasteiger partial charge is 0.396 e. The van der Waals surface area contributed by atoms with E-state index in [1.165, 1.54) is 0 Å². The molecule has 3 rings (SSSR count). The Balaban J connectivity index is 0.00000124. The van der Waals surface area contributed by atoms with Gasteiger partial charge in [0.25, 0.3) is 0 Å². The van der Waals surface area contributed by atoms with Crippen LogP contribution in [0.15, 0.2) is 43.0 Å². The van der Waals surface area contributed by atoms with Crippen molar-refractivity contribution in [3.63, 3.8) is 0 Å². The summed E-state index contributed by atoms with van der Waals surface area (Å²) in [7, 11) is 0. The number of hydrogen-bond acceptors (Lipinski definition) is 8. The van der Waals surface area contributed by atoms with E-state index >= 15 is 0 Å². The maximum Gasteiger partial charge on any atom is 0.196 e. The zero-order valence-electron chi connectivity index (χ0n) is 23.6. The van der Waals surface area contributed by atoms with E-state index < -0.39 is 0 Å². The maximum atomic E-state index is 13.5. The molecule has 0 saturated carbocycles. The minimum absolute atomic E-state index is 0.0118. The smallest absolute Gasteiger partial charge is 0.196 e. The molecule has 8 heteroatoms. The Kier molecular flexibility index (Phi) is 16.1. The SMILES string of the molecule is C=C1c2ccccc2C(=O)c2c(NCCCOCCOCCO)ccc(NCCCOCCC)c21.CCCO. The summed E-state index contributed by atoms with van der Waals surface area (Å²) < 4.78 is 16.3. The molecule has 1 aliphatic rings. The van der Waals surface area contributed by atoms with Gasteiger partial charge in [-0.2, -0.15) is 0 Å². The van der Waals surface area contributed by atoms with E-state index in [9.17, 15) is 4.79 Å². The first-order valence-electron chi connectivity index (χ1n) is 14.0. The van der Waals surface area contributed by atoms with E-state index in [-0.39, 0.29) is 12.4 Å². The van der Waals surface area contributed by atoms with Gasteiger partial charge in [-0.3, -0.25) is 4.79 Å². The number of rotatable bonds is 18. The lowest BCUT2D eigenvalue weighted by molar-refractivity contribution is 0.0331. The Morgan fingerprint density at radius 3 is 1.79 bits per heavy atom. The molecule has 0 unspecified atom stereocenters. The number of aliphatic hydroxyl groups excluding tert-OH is 2. The first kappa shape index (κ1) is 32.5. The van der Waals surface area contributed by atoms with Gasteiger partial charge in [-0.05, 0) is 49.0 Å². The average Bonchev–Trinajstić information content (AvgIpc) is 2.97. The monoisotopic (exact) mass is 542 g/mol. The van der Waals surface area contributed by atoms with Crippen molar-refractivity contribution in [1.29, 1.82) is 0 Å². The van der Waals surface area contributed by atoms with Crippen LogP contribution in [0.3, 0.4) is 0 Å². The lowest BCUT2D eigenvalue weighted by atomic mass is 9.80. The number of nitrogens with one attached hydrogen (secondary N) is 2. The molecule has 0 heterocycles. The van der Waals surface area contributed by atoms with E-state index in [1.807, 2.05) is 43.3 Å². The molecule has 2 aromatic rings. The fourth-order valence-electron chi connectivity index (χ4n) is 4.09. The molecular weight excluding hydrogens is 496 g/mol. The Hall–Kier alpha value is -2.75. The van der Waals surface area contributed by atoms with Gasteiger partial charge in [0, 0.05) is 62.0 Å². The minimum Gasteiger partial charge on any atom is -0.396 e. The van der Waals surface area contributed by atoms with Gasteiger partial charge in [0.05, 0.1) is 32.0 Å². The van der Waals surface area contributed by atoms with Crippen molar-refractivity contribution in [2.75, 3.05) is 76.6 Å². The van der Waals surface area contributed by atoms with Crippen LogP contribution in [-0.4, -0.2) is 81.9 Å². The van der Waals surface area contributed by atoms with E-state index in [4.69, 9.17) is 24.4 Å². The zero-order valence-corrected chi connectivity index (χ0v) is 23.6. The van der Waals surface area contributed by atoms with Gasteiger partial charge in [0.1, 0.15) is 0 Å². The molecule has 4 N–H and O–H groups in total. The Morgan fingerprint density at radius 1 is 0.692 bits per heavy atom. The number of benzene rings is 2. The summed E-state index contributed by atoms with van der Waals surface area (Å²) in [6.07, 6.45) is 3.57. The van der Waals surface area contributed by atoms with E-state index in [0.717, 1.165) is 66.9 Å². The molecule has 1 aliphatic carbocycles. The molecular formula is C31H46N2O6. The second-order valence-electron chi connectivity index (χ2n) is 9.11. The average molecular weight is 543 g/mol. The van der Waals surface area contributed by atoms with Crippen molar-refractivity contribution in [3.8, 4) is 0 Å². The third kappa shape index (κ3) is 10.4. The number of hydrogen-bond donors (Lipinski definition) is 4. The highest BCUT2D eigenvalue weighted by molar-refractivity contribution is 6.22. The van der Waals surface area contributed by atoms with Gasteiger partial charge >= 0.3 is 0 Å². The lowest BCUT2D eigenvalue weighted by Gasteiger charge is -2.26. The third-order valence-electron chi connectivity index (χ3n) is 5.97. The van der Waals surface area contributed by atoms with Gasteiger partial charge < -0.3 is 35.1 Å². The standard InChI is InChI=1S/C28H38N2O5.C3H8O/c1-3-15-33-16-6-12-29-24-10-11-25(30-13-7-17-34-19-20-35-18-14-31)27-26(24)21(2)22-8-4-5-9-23(22)28(27)32;1-2-3-4/h4-5,8-11,29-31H,2-3,6-7,12-20H2,1H3;4H,2-3H2,1H3. The molecule has 8 nitrogen and oxygen atoms in total. The summed E-state index contributed by atoms with van der Waals surface area (Å²) in [6, 6.07) is 11.7. The molecule has 39 heavy (non-hydrogen) atoms. The summed E-state index contributed by atoms with van der Waals surface area (Å²) in [6.45, 7) is 13.5. The molecule has 216 valence electrons. The van der Waals surface area contributed by atoms with Crippen molar-refractivity contribution in [2.45, 2.75) is 39.5 Å². The maximum absolute atomic E-state index is 13.5. The molecule has 0 saturated heterocycles. The van der Waals surface area contributed by atoms with Gasteiger partial charge in [-0.1, -0.05) is 44.7 Å². The van der Waals surface area contributed by atoms with Crippen LogP contribution in [-0.2, 0) is 14.2 Å². The van der Waals surface area contributed by atoms with Crippen LogP contribution in [0.2, 0.25) is 0 Å². The first-order chi connectivity index (χ1) is 19.1. The van der Waals surface area contributed by atoms with E-state index in [1.54, 1.807) is 0 Å². The molecule has 0 fully saturated rings. The predicted octanol–water partition coefficient (Wildman–Crippen LogP) is 4.74. The van der Waals surface area contributed by atoms with Crippen LogP contribution in [0, 0.1) is 0 Å². The molecule has 0 aliphatic heterocycles. The van der Waals surface area contributed by atoms with Crippen molar-refractivity contribution in [2.24, 2.45) is 0 Å². The van der Waals surface area contributed by atoms with Crippen molar-refractivity contribution in [1.82, 2.24) is 0 Å². The number of ether oxygens (including phenoxy) is 3. The zero-order chi connectivity index (χ0) is 28.3. The normalized spacial score (nSPS) is 11.9. The molecule has 0 bridgehead atoms. The van der Waals surface area contributed by atoms with Crippen LogP contribution in [0.5, 0.6) is 0 Å². The molecule has 0 radical (unpaired) electrons. The fourth-order valence-corrected chi connectivity index (χ4v) is 4.09. The van der Waals surface area contributed by atoms with Gasteiger partial charge in [-0.25, -0.2) is 0 Å². The number of aliphatic hydroxyl groups is 2. The molecule has 0 amide bonds. The number of anilines is 2. The highest BCUT2D eigenvalue weighted by atomic mass is 16.5. The van der Waals surface area contributed by atoms with Crippen LogP contribution in [0.25, 0.3) is 5.57 Å². The lowest BCUT2D eigenvalue weighted by Crippen LogP contribution is -2.20. The summed E-state index contributed by atoms with van der Waals surface area (Å²) in [4.78, 5) is 13.5. The van der Waals surface area contributed by atoms with Gasteiger partial charge in [0.15, 0.2) is 5.78 Å². The predicted molar refractivity (Wildman–Crippen MR) is 158 cm³/mol. The fraction of sp³-hybridized carbons (Fsp3) is 0.516. The van der Waals surface area contributed by atoms with E-state index in [2.05, 4.69) is 24.1 Å². The van der Waals surface area contributed by atoms with Crippen LogP contribution in [0.1, 0.15) is 66.6 Å². The van der Waals surface area contributed by atoms with Crippen LogP contribution in [0.4, 0.5) is 11.4 Å². The van der Waals surface area contributed by atoms with Gasteiger partial charge in [-0.15, -0.1) is 0 Å². The molecule has 0 aromatic heterocycles. The summed E-state index contributed by atoms with van der Waals surface area (Å²) >= 11 is 0. The Labute approximate surface area is 233 Å². The highest BCUT2D eigenvalue weighted by Gasteiger charge is 2.30. The molecule has 2 aromatic carbocycles. The van der Waals surface area contributed by atoms with E-state index in [0.29, 0.717) is 57.3 Å². The first-order valence-corrected chi connectivity index (χ1v) is 14.0. The third-order valence-corrected chi connectivity index (χ3v) is 5.97. The summed E-state index contributed by atoms with van der Waals surface area (Å²) in [5.41, 5.74) is 5.68. The number of fused-ring (bicyclic) bond motifs is 2. The highest BCUT2D eigenvalue weighted by Crippen LogP contribution is 2.42. The summed E-state index contributed by atoms with van der Waals surface area (Å²) in [5, 5.41) is 23.5. The molecule has 0 spiro atoms.